The minimum Gasteiger partial charge on any atom is -0.312 e. The molecule has 1 aromatic carbocycles. The molecule has 0 aromatic heterocycles. The number of fused-ring (bicyclic) bond motifs is 1. The van der Waals surface area contributed by atoms with Crippen molar-refractivity contribution in [3.8, 4) is 0 Å². The van der Waals surface area contributed by atoms with Gasteiger partial charge < -0.3 is 5.32 Å². The summed E-state index contributed by atoms with van der Waals surface area (Å²) >= 11 is 0. The highest BCUT2D eigenvalue weighted by Gasteiger charge is 2.29. The van der Waals surface area contributed by atoms with Crippen LogP contribution in [0.15, 0.2) is 24.3 Å². The second-order valence-corrected chi connectivity index (χ2v) is 5.10. The molecule has 2 aliphatic rings. The Labute approximate surface area is 97.6 Å². The summed E-state index contributed by atoms with van der Waals surface area (Å²) in [5, 5.41) is 3.52. The Morgan fingerprint density at radius 3 is 3.06 bits per heavy atom. The lowest BCUT2D eigenvalue weighted by Gasteiger charge is -2.36. The molecule has 2 unspecified atom stereocenters. The minimum atomic E-state index is 0.640. The van der Waals surface area contributed by atoms with Gasteiger partial charge in [-0.1, -0.05) is 24.3 Å². The Bertz CT molecular complexity index is 375. The van der Waals surface area contributed by atoms with Gasteiger partial charge in [0.15, 0.2) is 0 Å². The molecule has 0 amide bonds. The summed E-state index contributed by atoms with van der Waals surface area (Å²) in [5.74, 6) is 0. The van der Waals surface area contributed by atoms with Crippen LogP contribution in [0.4, 0.5) is 0 Å². The lowest BCUT2D eigenvalue weighted by molar-refractivity contribution is 0.148. The quantitative estimate of drug-likeness (QED) is 0.772. The Morgan fingerprint density at radius 2 is 2.19 bits per heavy atom. The van der Waals surface area contributed by atoms with E-state index in [2.05, 4.69) is 41.4 Å². The van der Waals surface area contributed by atoms with Gasteiger partial charge >= 0.3 is 0 Å². The number of rotatable bonds is 1. The molecule has 16 heavy (non-hydrogen) atoms. The standard InChI is InChI=1S/C14H20N2/c1-11-10-16(9-8-15-11)14-7-6-12-4-2-3-5-13(12)14/h2-5,11,14-15H,6-10H2,1H3. The van der Waals surface area contributed by atoms with Crippen molar-refractivity contribution in [1.29, 1.82) is 0 Å². The molecule has 1 fully saturated rings. The third-order valence-corrected chi connectivity index (χ3v) is 3.94. The van der Waals surface area contributed by atoms with Crippen LogP contribution >= 0.6 is 0 Å². The molecule has 1 heterocycles. The fourth-order valence-corrected chi connectivity index (χ4v) is 3.16. The highest BCUT2D eigenvalue weighted by atomic mass is 15.2. The topological polar surface area (TPSA) is 15.3 Å². The average Bonchev–Trinajstić information content (AvgIpc) is 2.72. The molecule has 1 aliphatic heterocycles. The van der Waals surface area contributed by atoms with E-state index in [0.29, 0.717) is 12.1 Å². The fraction of sp³-hybridized carbons (Fsp3) is 0.571. The molecule has 86 valence electrons. The summed E-state index contributed by atoms with van der Waals surface area (Å²) in [6, 6.07) is 10.3. The van der Waals surface area contributed by atoms with Gasteiger partial charge in [-0.25, -0.2) is 0 Å². The van der Waals surface area contributed by atoms with Gasteiger partial charge in [-0.05, 0) is 30.9 Å². The van der Waals surface area contributed by atoms with E-state index in [-0.39, 0.29) is 0 Å². The first-order chi connectivity index (χ1) is 7.84. The first-order valence-electron chi connectivity index (χ1n) is 6.40. The van der Waals surface area contributed by atoms with E-state index < -0.39 is 0 Å². The molecule has 2 atom stereocenters. The fourth-order valence-electron chi connectivity index (χ4n) is 3.16. The number of piperazine rings is 1. The number of nitrogens with one attached hydrogen (secondary N) is 1. The average molecular weight is 216 g/mol. The maximum Gasteiger partial charge on any atom is 0.0355 e. The van der Waals surface area contributed by atoms with Gasteiger partial charge in [0.2, 0.25) is 0 Å². The minimum absolute atomic E-state index is 0.640. The number of hydrogen-bond acceptors (Lipinski definition) is 2. The van der Waals surface area contributed by atoms with Crippen LogP contribution in [0.1, 0.15) is 30.5 Å². The van der Waals surface area contributed by atoms with Crippen molar-refractivity contribution in [2.24, 2.45) is 0 Å². The summed E-state index contributed by atoms with van der Waals surface area (Å²) in [4.78, 5) is 2.66. The van der Waals surface area contributed by atoms with E-state index in [1.54, 1.807) is 11.1 Å². The van der Waals surface area contributed by atoms with Crippen molar-refractivity contribution in [3.05, 3.63) is 35.4 Å². The molecule has 3 rings (SSSR count). The zero-order valence-electron chi connectivity index (χ0n) is 9.95. The lowest BCUT2D eigenvalue weighted by Crippen LogP contribution is -2.49. The molecule has 1 aromatic rings. The first kappa shape index (κ1) is 10.3. The van der Waals surface area contributed by atoms with Gasteiger partial charge in [0, 0.05) is 31.7 Å². The van der Waals surface area contributed by atoms with Crippen molar-refractivity contribution in [3.63, 3.8) is 0 Å². The number of hydrogen-bond donors (Lipinski definition) is 1. The molecule has 1 N–H and O–H groups in total. The van der Waals surface area contributed by atoms with Gasteiger partial charge in [0.1, 0.15) is 0 Å². The SMILES string of the molecule is CC1CN(C2CCc3ccccc32)CCN1. The molecule has 2 nitrogen and oxygen atoms in total. The van der Waals surface area contributed by atoms with Gasteiger partial charge in [-0.2, -0.15) is 0 Å². The second-order valence-electron chi connectivity index (χ2n) is 5.10. The molecule has 0 saturated carbocycles. The van der Waals surface area contributed by atoms with Gasteiger partial charge in [0.25, 0.3) is 0 Å². The summed E-state index contributed by atoms with van der Waals surface area (Å²) < 4.78 is 0. The predicted molar refractivity (Wildman–Crippen MR) is 66.5 cm³/mol. The third kappa shape index (κ3) is 1.76. The molecule has 0 spiro atoms. The predicted octanol–water partition coefficient (Wildman–Crippen LogP) is 1.97. The highest BCUT2D eigenvalue weighted by Crippen LogP contribution is 2.35. The van der Waals surface area contributed by atoms with Crippen molar-refractivity contribution < 1.29 is 0 Å². The maximum atomic E-state index is 3.52. The van der Waals surface area contributed by atoms with Crippen LogP contribution in [0.3, 0.4) is 0 Å². The number of nitrogens with zero attached hydrogens (tertiary/aromatic N) is 1. The monoisotopic (exact) mass is 216 g/mol. The van der Waals surface area contributed by atoms with E-state index in [1.807, 2.05) is 0 Å². The Hall–Kier alpha value is -0.860. The smallest absolute Gasteiger partial charge is 0.0355 e. The summed E-state index contributed by atoms with van der Waals surface area (Å²) in [6.07, 6.45) is 2.57. The van der Waals surface area contributed by atoms with Crippen LogP contribution in [0.2, 0.25) is 0 Å². The molecule has 1 aliphatic carbocycles. The zero-order valence-corrected chi connectivity index (χ0v) is 9.95. The van der Waals surface area contributed by atoms with Gasteiger partial charge in [-0.15, -0.1) is 0 Å². The third-order valence-electron chi connectivity index (χ3n) is 3.94. The first-order valence-corrected chi connectivity index (χ1v) is 6.40. The van der Waals surface area contributed by atoms with Crippen LogP contribution in [0, 0.1) is 0 Å². The van der Waals surface area contributed by atoms with E-state index in [1.165, 1.54) is 25.9 Å². The molecular formula is C14H20N2. The lowest BCUT2D eigenvalue weighted by atomic mass is 10.1. The van der Waals surface area contributed by atoms with Crippen LogP contribution in [-0.2, 0) is 6.42 Å². The summed E-state index contributed by atoms with van der Waals surface area (Å²) in [7, 11) is 0. The molecule has 0 bridgehead atoms. The second kappa shape index (κ2) is 4.19. The van der Waals surface area contributed by atoms with Crippen LogP contribution < -0.4 is 5.32 Å². The Kier molecular flexibility index (Phi) is 2.70. The zero-order chi connectivity index (χ0) is 11.0. The normalized spacial score (nSPS) is 30.3. The summed E-state index contributed by atoms with van der Waals surface area (Å²) in [5.41, 5.74) is 3.15. The highest BCUT2D eigenvalue weighted by molar-refractivity contribution is 5.34. The van der Waals surface area contributed by atoms with E-state index in [0.717, 1.165) is 6.54 Å². The van der Waals surface area contributed by atoms with Gasteiger partial charge in [0.05, 0.1) is 0 Å². The molecule has 0 radical (unpaired) electrons. The molecular weight excluding hydrogens is 196 g/mol. The van der Waals surface area contributed by atoms with E-state index in [9.17, 15) is 0 Å². The van der Waals surface area contributed by atoms with Crippen LogP contribution in [0.25, 0.3) is 0 Å². The van der Waals surface area contributed by atoms with E-state index in [4.69, 9.17) is 0 Å². The van der Waals surface area contributed by atoms with Crippen molar-refractivity contribution in [2.75, 3.05) is 19.6 Å². The largest absolute Gasteiger partial charge is 0.312 e. The van der Waals surface area contributed by atoms with Crippen LogP contribution in [0.5, 0.6) is 0 Å². The van der Waals surface area contributed by atoms with Gasteiger partial charge in [-0.3, -0.25) is 4.90 Å². The number of aryl methyl sites for hydroxylation is 1. The summed E-state index contributed by atoms with van der Waals surface area (Å²) in [6.45, 7) is 5.81. The Balaban J connectivity index is 1.81. The number of benzene rings is 1. The Morgan fingerprint density at radius 1 is 1.31 bits per heavy atom. The van der Waals surface area contributed by atoms with E-state index >= 15 is 0 Å². The van der Waals surface area contributed by atoms with Crippen molar-refractivity contribution in [2.45, 2.75) is 31.8 Å². The van der Waals surface area contributed by atoms with Crippen LogP contribution in [-0.4, -0.2) is 30.6 Å². The van der Waals surface area contributed by atoms with Crippen molar-refractivity contribution >= 4 is 0 Å². The van der Waals surface area contributed by atoms with Crippen molar-refractivity contribution in [1.82, 2.24) is 10.2 Å². The molecule has 2 heteroatoms. The molecule has 1 saturated heterocycles. The maximum absolute atomic E-state index is 3.52.